The van der Waals surface area contributed by atoms with Crippen LogP contribution in [0.3, 0.4) is 0 Å². The van der Waals surface area contributed by atoms with Gasteiger partial charge in [0.25, 0.3) is 5.56 Å². The van der Waals surface area contributed by atoms with Crippen molar-refractivity contribution in [2.45, 2.75) is 13.0 Å². The number of hydrogen-bond donors (Lipinski definition) is 1. The van der Waals surface area contributed by atoms with Crippen LogP contribution >= 0.6 is 11.3 Å². The number of carbonyl (C=O) groups excluding carboxylic acids is 1. The van der Waals surface area contributed by atoms with Gasteiger partial charge in [-0.05, 0) is 12.0 Å². The van der Waals surface area contributed by atoms with Crippen LogP contribution in [-0.2, 0) is 36.6 Å². The number of aromatic nitrogens is 5. The molecule has 0 saturated heterocycles. The molecular formula is C21H22N6O4S. The molecule has 10 nitrogen and oxygen atoms in total. The molecule has 0 spiro atoms. The fraction of sp³-hybridized carbons (Fsp3) is 0.286. The molecule has 0 unspecified atom stereocenters. The van der Waals surface area contributed by atoms with Crippen LogP contribution < -0.4 is 16.6 Å². The molecule has 0 saturated carbocycles. The highest BCUT2D eigenvalue weighted by Gasteiger charge is 2.16. The number of thiazole rings is 1. The summed E-state index contributed by atoms with van der Waals surface area (Å²) in [5.74, 6) is -0.351. The van der Waals surface area contributed by atoms with Crippen molar-refractivity contribution < 1.29 is 9.53 Å². The Morgan fingerprint density at radius 3 is 2.62 bits per heavy atom. The third-order valence-electron chi connectivity index (χ3n) is 5.13. The number of nitrogens with one attached hydrogen (secondary N) is 1. The van der Waals surface area contributed by atoms with Crippen LogP contribution in [0.5, 0.6) is 0 Å². The average Bonchev–Trinajstić information content (AvgIpc) is 3.42. The summed E-state index contributed by atoms with van der Waals surface area (Å²) in [4.78, 5) is 45.7. The van der Waals surface area contributed by atoms with Gasteiger partial charge < -0.3 is 14.6 Å². The van der Waals surface area contributed by atoms with Crippen LogP contribution in [0, 0.1) is 0 Å². The van der Waals surface area contributed by atoms with Gasteiger partial charge in [-0.2, -0.15) is 0 Å². The lowest BCUT2D eigenvalue weighted by molar-refractivity contribution is -0.116. The molecule has 4 aromatic rings. The first kappa shape index (κ1) is 21.7. The lowest BCUT2D eigenvalue weighted by Gasteiger charge is -2.06. The molecule has 1 aromatic carbocycles. The number of ether oxygens (including phenoxy) is 1. The van der Waals surface area contributed by atoms with Gasteiger partial charge in [0.05, 0.1) is 18.6 Å². The monoisotopic (exact) mass is 454 g/mol. The smallest absolute Gasteiger partial charge is 0.332 e. The van der Waals surface area contributed by atoms with Crippen molar-refractivity contribution in [3.05, 3.63) is 62.4 Å². The molecule has 0 aliphatic rings. The van der Waals surface area contributed by atoms with Gasteiger partial charge in [-0.15, -0.1) is 11.3 Å². The van der Waals surface area contributed by atoms with Gasteiger partial charge in [-0.1, -0.05) is 24.3 Å². The quantitative estimate of drug-likeness (QED) is 0.452. The fourth-order valence-corrected chi connectivity index (χ4v) is 4.09. The number of imidazole rings is 1. The average molecular weight is 455 g/mol. The van der Waals surface area contributed by atoms with Crippen LogP contribution in [0.2, 0.25) is 0 Å². The number of aryl methyl sites for hydroxylation is 1. The summed E-state index contributed by atoms with van der Waals surface area (Å²) >= 11 is 1.32. The normalized spacial score (nSPS) is 11.2. The molecule has 11 heteroatoms. The van der Waals surface area contributed by atoms with E-state index in [1.165, 1.54) is 46.5 Å². The fourth-order valence-electron chi connectivity index (χ4n) is 3.36. The van der Waals surface area contributed by atoms with Gasteiger partial charge in [0, 0.05) is 32.1 Å². The van der Waals surface area contributed by atoms with Crippen molar-refractivity contribution in [1.82, 2.24) is 23.7 Å². The number of carbonyl (C=O) groups is 1. The van der Waals surface area contributed by atoms with Crippen LogP contribution in [0.4, 0.5) is 5.13 Å². The number of fused-ring (bicyclic) bond motifs is 1. The van der Waals surface area contributed by atoms with Crippen molar-refractivity contribution in [1.29, 1.82) is 0 Å². The number of nitrogens with zero attached hydrogens (tertiary/aromatic N) is 5. The molecule has 0 bridgehead atoms. The third-order valence-corrected chi connectivity index (χ3v) is 5.88. The van der Waals surface area contributed by atoms with Crippen molar-refractivity contribution in [3.63, 3.8) is 0 Å². The Morgan fingerprint density at radius 1 is 1.16 bits per heavy atom. The Labute approximate surface area is 186 Å². The molecule has 166 valence electrons. The molecule has 0 aliphatic heterocycles. The van der Waals surface area contributed by atoms with Crippen molar-refractivity contribution in [2.24, 2.45) is 14.1 Å². The molecule has 1 N–H and O–H groups in total. The highest BCUT2D eigenvalue weighted by atomic mass is 32.1. The minimum Gasteiger partial charge on any atom is -0.384 e. The molecule has 0 atom stereocenters. The zero-order valence-corrected chi connectivity index (χ0v) is 18.7. The van der Waals surface area contributed by atoms with Crippen molar-refractivity contribution in [2.75, 3.05) is 19.0 Å². The van der Waals surface area contributed by atoms with E-state index in [1.807, 2.05) is 29.6 Å². The van der Waals surface area contributed by atoms with Crippen LogP contribution in [0.15, 0.2) is 45.6 Å². The molecule has 0 fully saturated rings. The molecule has 32 heavy (non-hydrogen) atoms. The van der Waals surface area contributed by atoms with Gasteiger partial charge in [0.2, 0.25) is 5.91 Å². The minimum absolute atomic E-state index is 0.132. The zero-order chi connectivity index (χ0) is 22.8. The van der Waals surface area contributed by atoms with Gasteiger partial charge in [-0.3, -0.25) is 18.7 Å². The highest BCUT2D eigenvalue weighted by molar-refractivity contribution is 7.14. The van der Waals surface area contributed by atoms with Crippen LogP contribution in [0.1, 0.15) is 5.56 Å². The van der Waals surface area contributed by atoms with Gasteiger partial charge in [0.1, 0.15) is 6.54 Å². The number of anilines is 1. The Kier molecular flexibility index (Phi) is 6.01. The van der Waals surface area contributed by atoms with Crippen LogP contribution in [0.25, 0.3) is 22.4 Å². The summed E-state index contributed by atoms with van der Waals surface area (Å²) in [6, 6.07) is 8.04. The summed E-state index contributed by atoms with van der Waals surface area (Å²) < 4.78 is 8.79. The van der Waals surface area contributed by atoms with E-state index in [4.69, 9.17) is 4.74 Å². The topological polar surface area (TPSA) is 113 Å². The largest absolute Gasteiger partial charge is 0.384 e. The lowest BCUT2D eigenvalue weighted by atomic mass is 10.1. The Bertz CT molecular complexity index is 1400. The maximum Gasteiger partial charge on any atom is 0.332 e. The molecule has 3 heterocycles. The first-order valence-electron chi connectivity index (χ1n) is 9.83. The number of amides is 1. The Morgan fingerprint density at radius 2 is 1.91 bits per heavy atom. The molecule has 1 amide bonds. The zero-order valence-electron chi connectivity index (χ0n) is 17.9. The summed E-state index contributed by atoms with van der Waals surface area (Å²) in [6.45, 7) is 0.536. The Hall–Kier alpha value is -3.57. The van der Waals surface area contributed by atoms with Crippen molar-refractivity contribution in [3.8, 4) is 11.3 Å². The predicted octanol–water partition coefficient (Wildman–Crippen LogP) is 1.38. The molecular weight excluding hydrogens is 432 g/mol. The summed E-state index contributed by atoms with van der Waals surface area (Å²) in [7, 11) is 4.60. The molecule has 3 aromatic heterocycles. The highest BCUT2D eigenvalue weighted by Crippen LogP contribution is 2.25. The van der Waals surface area contributed by atoms with Crippen LogP contribution in [-0.4, -0.2) is 43.3 Å². The Balaban J connectivity index is 1.49. The second kappa shape index (κ2) is 8.89. The SMILES string of the molecule is COCCc1ccc(-c2csc(NC(=O)Cn3cnc4c3c(=O)n(C)c(=O)n4C)n2)cc1. The van der Waals surface area contributed by atoms with Gasteiger partial charge in [-0.25, -0.2) is 14.8 Å². The van der Waals surface area contributed by atoms with E-state index in [9.17, 15) is 14.4 Å². The number of methoxy groups -OCH3 is 1. The summed E-state index contributed by atoms with van der Waals surface area (Å²) in [5.41, 5.74) is 2.34. The van der Waals surface area contributed by atoms with E-state index in [1.54, 1.807) is 7.11 Å². The summed E-state index contributed by atoms with van der Waals surface area (Å²) in [5, 5.41) is 5.09. The first-order chi connectivity index (χ1) is 15.4. The van der Waals surface area contributed by atoms with E-state index in [0.717, 1.165) is 22.2 Å². The second-order valence-electron chi connectivity index (χ2n) is 7.28. The molecule has 0 aliphatic carbocycles. The maximum atomic E-state index is 12.6. The number of benzene rings is 1. The first-order valence-corrected chi connectivity index (χ1v) is 10.7. The minimum atomic E-state index is -0.501. The second-order valence-corrected chi connectivity index (χ2v) is 8.13. The van der Waals surface area contributed by atoms with E-state index < -0.39 is 11.2 Å². The van der Waals surface area contributed by atoms with Gasteiger partial charge >= 0.3 is 5.69 Å². The molecule has 0 radical (unpaired) electrons. The maximum absolute atomic E-state index is 12.6. The lowest BCUT2D eigenvalue weighted by Crippen LogP contribution is -2.37. The van der Waals surface area contributed by atoms with E-state index >= 15 is 0 Å². The van der Waals surface area contributed by atoms with Gasteiger partial charge in [0.15, 0.2) is 16.3 Å². The summed E-state index contributed by atoms with van der Waals surface area (Å²) in [6.07, 6.45) is 2.22. The van der Waals surface area contributed by atoms with Crippen molar-refractivity contribution >= 4 is 33.5 Å². The van der Waals surface area contributed by atoms with E-state index in [0.29, 0.717) is 11.7 Å². The van der Waals surface area contributed by atoms with E-state index in [-0.39, 0.29) is 23.6 Å². The third kappa shape index (κ3) is 4.12. The number of rotatable bonds is 7. The van der Waals surface area contributed by atoms with E-state index in [2.05, 4.69) is 15.3 Å². The standard InChI is InChI=1S/C21H22N6O4S/c1-25-18-17(19(29)26(2)21(25)30)27(12-22-18)10-16(28)24-20-23-15(11-32-20)14-6-4-13(5-7-14)8-9-31-3/h4-7,11-12H,8-10H2,1-3H3,(H,23,24,28). The molecule has 4 rings (SSSR count). The number of hydrogen-bond acceptors (Lipinski definition) is 7. The predicted molar refractivity (Wildman–Crippen MR) is 122 cm³/mol.